The number of anilines is 1. The fourth-order valence-corrected chi connectivity index (χ4v) is 4.28. The first kappa shape index (κ1) is 17.0. The lowest BCUT2D eigenvalue weighted by Crippen LogP contribution is -2.63. The van der Waals surface area contributed by atoms with Crippen LogP contribution in [0.25, 0.3) is 0 Å². The van der Waals surface area contributed by atoms with Crippen LogP contribution >= 0.6 is 0 Å². The summed E-state index contributed by atoms with van der Waals surface area (Å²) in [4.78, 5) is 23.7. The molecule has 2 N–H and O–H groups in total. The van der Waals surface area contributed by atoms with Gasteiger partial charge in [0.25, 0.3) is 5.91 Å². The molecule has 1 atom stereocenters. The molecule has 7 nitrogen and oxygen atoms in total. The quantitative estimate of drug-likeness (QED) is 0.861. The van der Waals surface area contributed by atoms with Gasteiger partial charge in [0.1, 0.15) is 5.69 Å². The molecule has 1 saturated heterocycles. The average Bonchev–Trinajstić information content (AvgIpc) is 3.29. The van der Waals surface area contributed by atoms with Crippen LogP contribution in [0.5, 0.6) is 0 Å². The van der Waals surface area contributed by atoms with E-state index in [2.05, 4.69) is 45.4 Å². The number of nitrogens with zero attached hydrogens (tertiary/aromatic N) is 4. The molecule has 138 valence electrons. The second kappa shape index (κ2) is 6.70. The van der Waals surface area contributed by atoms with Crippen molar-refractivity contribution in [2.75, 3.05) is 18.4 Å². The van der Waals surface area contributed by atoms with E-state index in [0.29, 0.717) is 11.7 Å². The Morgan fingerprint density at radius 2 is 2.04 bits per heavy atom. The van der Waals surface area contributed by atoms with Gasteiger partial charge in [0, 0.05) is 42.1 Å². The molecule has 1 saturated carbocycles. The maximum Gasteiger partial charge on any atom is 0.271 e. The van der Waals surface area contributed by atoms with Crippen molar-refractivity contribution in [2.24, 2.45) is 5.41 Å². The van der Waals surface area contributed by atoms with Gasteiger partial charge in [-0.3, -0.25) is 9.89 Å². The van der Waals surface area contributed by atoms with E-state index in [9.17, 15) is 4.79 Å². The first-order chi connectivity index (χ1) is 12.6. The van der Waals surface area contributed by atoms with Crippen LogP contribution in [0.2, 0.25) is 0 Å². The van der Waals surface area contributed by atoms with E-state index in [1.807, 2.05) is 4.90 Å². The Labute approximate surface area is 153 Å². The van der Waals surface area contributed by atoms with E-state index >= 15 is 0 Å². The maximum absolute atomic E-state index is 12.5. The predicted molar refractivity (Wildman–Crippen MR) is 99.0 cm³/mol. The van der Waals surface area contributed by atoms with Crippen molar-refractivity contribution in [2.45, 2.75) is 52.0 Å². The van der Waals surface area contributed by atoms with Gasteiger partial charge < -0.3 is 10.2 Å². The van der Waals surface area contributed by atoms with Crippen LogP contribution in [0.1, 0.15) is 55.0 Å². The van der Waals surface area contributed by atoms with Gasteiger partial charge in [-0.25, -0.2) is 9.97 Å². The molecule has 3 heterocycles. The Balaban J connectivity index is 1.46. The van der Waals surface area contributed by atoms with Crippen molar-refractivity contribution in [1.29, 1.82) is 0 Å². The van der Waals surface area contributed by atoms with Crippen molar-refractivity contribution < 1.29 is 4.79 Å². The highest BCUT2D eigenvalue weighted by Gasteiger charge is 2.53. The standard InChI is InChI=1S/C19H26N6O/c1-3-13-10-14(4-2)22-18(21-13)23-16-6-5-8-19(16)11-25(12-19)17(26)15-7-9-20-24-15/h7,9-10,16H,3-6,8,11-12H2,1-2H3,(H,20,24)(H,21,22,23). The third-order valence-corrected chi connectivity index (χ3v) is 5.80. The number of amides is 1. The van der Waals surface area contributed by atoms with Crippen LogP contribution in [0, 0.1) is 5.41 Å². The number of nitrogens with one attached hydrogen (secondary N) is 2. The molecule has 2 aromatic rings. The summed E-state index contributed by atoms with van der Waals surface area (Å²) in [5.41, 5.74) is 2.87. The van der Waals surface area contributed by atoms with E-state index < -0.39 is 0 Å². The molecule has 0 radical (unpaired) electrons. The summed E-state index contributed by atoms with van der Waals surface area (Å²) >= 11 is 0. The molecule has 1 amide bonds. The number of H-pyrrole nitrogens is 1. The second-order valence-electron chi connectivity index (χ2n) is 7.46. The first-order valence-electron chi connectivity index (χ1n) is 9.55. The number of hydrogen-bond acceptors (Lipinski definition) is 5. The Bertz CT molecular complexity index is 759. The van der Waals surface area contributed by atoms with Crippen molar-refractivity contribution >= 4 is 11.9 Å². The molecular formula is C19H26N6O. The number of likely N-dealkylation sites (tertiary alicyclic amines) is 1. The van der Waals surface area contributed by atoms with Gasteiger partial charge >= 0.3 is 0 Å². The summed E-state index contributed by atoms with van der Waals surface area (Å²) in [6.07, 6.45) is 6.86. The normalized spacial score (nSPS) is 21.0. The number of aromatic nitrogens is 4. The third-order valence-electron chi connectivity index (χ3n) is 5.80. The number of aromatic amines is 1. The summed E-state index contributed by atoms with van der Waals surface area (Å²) in [7, 11) is 0. The van der Waals surface area contributed by atoms with E-state index in [1.165, 1.54) is 6.42 Å². The number of aryl methyl sites for hydroxylation is 2. The molecule has 1 spiro atoms. The minimum Gasteiger partial charge on any atom is -0.351 e. The van der Waals surface area contributed by atoms with Gasteiger partial charge in [0.15, 0.2) is 0 Å². The molecule has 4 rings (SSSR count). The van der Waals surface area contributed by atoms with Gasteiger partial charge in [-0.05, 0) is 37.8 Å². The zero-order chi connectivity index (χ0) is 18.1. The Morgan fingerprint density at radius 3 is 2.65 bits per heavy atom. The molecular weight excluding hydrogens is 328 g/mol. The Kier molecular flexibility index (Phi) is 4.38. The minimum atomic E-state index is 0.0382. The highest BCUT2D eigenvalue weighted by atomic mass is 16.2. The van der Waals surface area contributed by atoms with Gasteiger partial charge in [0.2, 0.25) is 5.95 Å². The minimum absolute atomic E-state index is 0.0382. The molecule has 0 aromatic carbocycles. The van der Waals surface area contributed by atoms with Crippen molar-refractivity contribution in [3.63, 3.8) is 0 Å². The average molecular weight is 354 g/mol. The Morgan fingerprint density at radius 1 is 1.31 bits per heavy atom. The molecule has 2 aliphatic rings. The fraction of sp³-hybridized carbons (Fsp3) is 0.579. The van der Waals surface area contributed by atoms with E-state index in [-0.39, 0.29) is 11.3 Å². The second-order valence-corrected chi connectivity index (χ2v) is 7.46. The third kappa shape index (κ3) is 2.95. The summed E-state index contributed by atoms with van der Waals surface area (Å²) in [5, 5.41) is 10.2. The van der Waals surface area contributed by atoms with E-state index in [0.717, 1.165) is 56.1 Å². The Hall–Kier alpha value is -2.44. The number of rotatable bonds is 5. The zero-order valence-electron chi connectivity index (χ0n) is 15.5. The molecule has 1 aliphatic carbocycles. The van der Waals surface area contributed by atoms with Gasteiger partial charge in [-0.15, -0.1) is 0 Å². The van der Waals surface area contributed by atoms with Gasteiger partial charge in [0.05, 0.1) is 0 Å². The molecule has 7 heteroatoms. The van der Waals surface area contributed by atoms with Crippen LogP contribution in [0.3, 0.4) is 0 Å². The SMILES string of the molecule is CCc1cc(CC)nc(NC2CCCC23CN(C(=O)c2ccn[nH]2)C3)n1. The fourth-order valence-electron chi connectivity index (χ4n) is 4.28. The lowest BCUT2D eigenvalue weighted by atomic mass is 9.75. The lowest BCUT2D eigenvalue weighted by Gasteiger charge is -2.51. The first-order valence-corrected chi connectivity index (χ1v) is 9.55. The van der Waals surface area contributed by atoms with Gasteiger partial charge in [-0.1, -0.05) is 20.3 Å². The predicted octanol–water partition coefficient (Wildman–Crippen LogP) is 2.43. The zero-order valence-corrected chi connectivity index (χ0v) is 15.5. The summed E-state index contributed by atoms with van der Waals surface area (Å²) in [5.74, 6) is 0.780. The van der Waals surface area contributed by atoms with Crippen molar-refractivity contribution in [3.05, 3.63) is 35.4 Å². The lowest BCUT2D eigenvalue weighted by molar-refractivity contribution is 0.00392. The molecule has 1 unspecified atom stereocenters. The van der Waals surface area contributed by atoms with Crippen LogP contribution in [0.15, 0.2) is 18.3 Å². The summed E-state index contributed by atoms with van der Waals surface area (Å²) in [6, 6.07) is 4.14. The summed E-state index contributed by atoms with van der Waals surface area (Å²) < 4.78 is 0. The van der Waals surface area contributed by atoms with Crippen molar-refractivity contribution in [3.8, 4) is 0 Å². The molecule has 0 bridgehead atoms. The highest BCUT2D eigenvalue weighted by Crippen LogP contribution is 2.47. The summed E-state index contributed by atoms with van der Waals surface area (Å²) in [6.45, 7) is 5.81. The van der Waals surface area contributed by atoms with E-state index in [4.69, 9.17) is 0 Å². The van der Waals surface area contributed by atoms with E-state index in [1.54, 1.807) is 12.3 Å². The van der Waals surface area contributed by atoms with Gasteiger partial charge in [-0.2, -0.15) is 5.10 Å². The largest absolute Gasteiger partial charge is 0.351 e. The van der Waals surface area contributed by atoms with Crippen LogP contribution < -0.4 is 5.32 Å². The van der Waals surface area contributed by atoms with Crippen LogP contribution in [-0.4, -0.2) is 50.1 Å². The topological polar surface area (TPSA) is 86.8 Å². The number of carbonyl (C=O) groups is 1. The number of hydrogen-bond donors (Lipinski definition) is 2. The highest BCUT2D eigenvalue weighted by molar-refractivity contribution is 5.92. The molecule has 1 aliphatic heterocycles. The maximum atomic E-state index is 12.5. The molecule has 26 heavy (non-hydrogen) atoms. The van der Waals surface area contributed by atoms with Crippen molar-refractivity contribution in [1.82, 2.24) is 25.1 Å². The van der Waals surface area contributed by atoms with Crippen LogP contribution in [-0.2, 0) is 12.8 Å². The monoisotopic (exact) mass is 354 g/mol. The molecule has 2 aromatic heterocycles. The molecule has 2 fully saturated rings. The smallest absolute Gasteiger partial charge is 0.271 e. The van der Waals surface area contributed by atoms with Crippen LogP contribution in [0.4, 0.5) is 5.95 Å². The number of carbonyl (C=O) groups excluding carboxylic acids is 1.